The van der Waals surface area contributed by atoms with Gasteiger partial charge in [0.15, 0.2) is 5.96 Å². The molecule has 1 atom stereocenters. The van der Waals surface area contributed by atoms with E-state index in [1.54, 1.807) is 11.3 Å². The van der Waals surface area contributed by atoms with Crippen LogP contribution in [0.2, 0.25) is 5.02 Å². The van der Waals surface area contributed by atoms with Gasteiger partial charge in [-0.25, -0.2) is 4.98 Å². The van der Waals surface area contributed by atoms with Crippen molar-refractivity contribution < 1.29 is 4.74 Å². The molecule has 1 aromatic carbocycles. The lowest BCUT2D eigenvalue weighted by Gasteiger charge is -2.34. The SMILES string of the molecule is CCNC(=NCC(c1ccccc1Cl)N1CCOCC1)N(C)Cc1csc(C)n1.I. The van der Waals surface area contributed by atoms with Crippen LogP contribution >= 0.6 is 46.9 Å². The second-order valence-electron chi connectivity index (χ2n) is 7.09. The summed E-state index contributed by atoms with van der Waals surface area (Å²) in [4.78, 5) is 14.1. The lowest BCUT2D eigenvalue weighted by Crippen LogP contribution is -2.42. The molecule has 2 aromatic rings. The van der Waals surface area contributed by atoms with Crippen molar-refractivity contribution >= 4 is 52.9 Å². The van der Waals surface area contributed by atoms with Crippen LogP contribution in [0.3, 0.4) is 0 Å². The van der Waals surface area contributed by atoms with Gasteiger partial charge in [-0.1, -0.05) is 29.8 Å². The van der Waals surface area contributed by atoms with E-state index in [4.69, 9.17) is 21.3 Å². The van der Waals surface area contributed by atoms with E-state index in [1.165, 1.54) is 0 Å². The van der Waals surface area contributed by atoms with E-state index in [0.717, 1.165) is 66.6 Å². The van der Waals surface area contributed by atoms with Crippen molar-refractivity contribution in [1.29, 1.82) is 0 Å². The zero-order valence-corrected chi connectivity index (χ0v) is 21.7. The molecule has 1 unspecified atom stereocenters. The number of hydrogen-bond donors (Lipinski definition) is 1. The zero-order valence-electron chi connectivity index (χ0n) is 17.8. The molecular weight excluding hydrogens is 533 g/mol. The van der Waals surface area contributed by atoms with Crippen LogP contribution in [-0.2, 0) is 11.3 Å². The number of nitrogens with one attached hydrogen (secondary N) is 1. The molecule has 0 saturated carbocycles. The van der Waals surface area contributed by atoms with Crippen molar-refractivity contribution in [1.82, 2.24) is 20.1 Å². The van der Waals surface area contributed by atoms with Gasteiger partial charge in [0, 0.05) is 37.1 Å². The van der Waals surface area contributed by atoms with Gasteiger partial charge in [-0.15, -0.1) is 35.3 Å². The Morgan fingerprint density at radius 3 is 2.73 bits per heavy atom. The van der Waals surface area contributed by atoms with Gasteiger partial charge in [-0.2, -0.15) is 0 Å². The number of halogens is 2. The van der Waals surface area contributed by atoms with E-state index in [1.807, 2.05) is 25.1 Å². The summed E-state index contributed by atoms with van der Waals surface area (Å²) in [7, 11) is 2.05. The van der Waals surface area contributed by atoms with Crippen LogP contribution in [0, 0.1) is 6.92 Å². The predicted octanol–water partition coefficient (Wildman–Crippen LogP) is 4.19. The van der Waals surface area contributed by atoms with Gasteiger partial charge in [0.1, 0.15) is 0 Å². The fourth-order valence-corrected chi connectivity index (χ4v) is 4.35. The van der Waals surface area contributed by atoms with Crippen LogP contribution in [0.1, 0.15) is 29.2 Å². The molecule has 30 heavy (non-hydrogen) atoms. The zero-order chi connectivity index (χ0) is 20.6. The largest absolute Gasteiger partial charge is 0.379 e. The topological polar surface area (TPSA) is 53.0 Å². The van der Waals surface area contributed by atoms with Gasteiger partial charge in [-0.05, 0) is 25.5 Å². The summed E-state index contributed by atoms with van der Waals surface area (Å²) >= 11 is 8.22. The highest BCUT2D eigenvalue weighted by atomic mass is 127. The number of aliphatic imine (C=N–C) groups is 1. The van der Waals surface area contributed by atoms with Gasteiger partial charge in [0.05, 0.1) is 43.0 Å². The Labute approximate surface area is 205 Å². The molecule has 3 rings (SSSR count). The molecule has 1 aliphatic rings. The minimum Gasteiger partial charge on any atom is -0.379 e. The van der Waals surface area contributed by atoms with E-state index in [2.05, 4.69) is 45.5 Å². The quantitative estimate of drug-likeness (QED) is 0.311. The van der Waals surface area contributed by atoms with Gasteiger partial charge < -0.3 is 15.0 Å². The van der Waals surface area contributed by atoms with Crippen LogP contribution in [0.4, 0.5) is 0 Å². The van der Waals surface area contributed by atoms with Gasteiger partial charge in [0.2, 0.25) is 0 Å². The number of nitrogens with zero attached hydrogens (tertiary/aromatic N) is 4. The number of hydrogen-bond acceptors (Lipinski definition) is 5. The van der Waals surface area contributed by atoms with Crippen molar-refractivity contribution in [2.24, 2.45) is 4.99 Å². The fourth-order valence-electron chi connectivity index (χ4n) is 3.49. The molecule has 1 N–H and O–H groups in total. The van der Waals surface area contributed by atoms with E-state index < -0.39 is 0 Å². The van der Waals surface area contributed by atoms with Gasteiger partial charge >= 0.3 is 0 Å². The second kappa shape index (κ2) is 12.8. The normalized spacial score (nSPS) is 16.1. The molecule has 0 spiro atoms. The molecule has 0 aliphatic carbocycles. The van der Waals surface area contributed by atoms with Crippen LogP contribution < -0.4 is 5.32 Å². The molecule has 166 valence electrons. The molecule has 2 heterocycles. The molecule has 1 aliphatic heterocycles. The molecule has 1 fully saturated rings. The first kappa shape index (κ1) is 25.3. The first-order valence-electron chi connectivity index (χ1n) is 10.0. The number of benzene rings is 1. The summed E-state index contributed by atoms with van der Waals surface area (Å²) < 4.78 is 5.55. The number of ether oxygens (including phenoxy) is 1. The lowest BCUT2D eigenvalue weighted by molar-refractivity contribution is 0.0179. The van der Waals surface area contributed by atoms with Crippen LogP contribution in [0.15, 0.2) is 34.6 Å². The maximum absolute atomic E-state index is 6.55. The summed E-state index contributed by atoms with van der Waals surface area (Å²) in [5.74, 6) is 0.878. The van der Waals surface area contributed by atoms with E-state index in [-0.39, 0.29) is 30.0 Å². The smallest absolute Gasteiger partial charge is 0.194 e. The third-order valence-corrected chi connectivity index (χ3v) is 6.09. The van der Waals surface area contributed by atoms with Gasteiger partial charge in [0.25, 0.3) is 0 Å². The van der Waals surface area contributed by atoms with Crippen molar-refractivity contribution in [3.63, 3.8) is 0 Å². The average molecular weight is 564 g/mol. The number of aromatic nitrogens is 1. The fraction of sp³-hybridized carbons (Fsp3) is 0.524. The van der Waals surface area contributed by atoms with Crippen molar-refractivity contribution in [2.75, 3.05) is 46.4 Å². The molecular formula is C21H31ClIN5OS. The van der Waals surface area contributed by atoms with Crippen molar-refractivity contribution in [3.05, 3.63) is 50.9 Å². The van der Waals surface area contributed by atoms with Crippen molar-refractivity contribution in [3.8, 4) is 0 Å². The Bertz CT molecular complexity index is 812. The van der Waals surface area contributed by atoms with Crippen LogP contribution in [0.5, 0.6) is 0 Å². The number of aryl methyl sites for hydroxylation is 1. The predicted molar refractivity (Wildman–Crippen MR) is 136 cm³/mol. The molecule has 1 saturated heterocycles. The van der Waals surface area contributed by atoms with Crippen LogP contribution in [0.25, 0.3) is 0 Å². The molecule has 6 nitrogen and oxygen atoms in total. The minimum atomic E-state index is 0. The Hall–Kier alpha value is -0.940. The maximum atomic E-state index is 6.55. The summed E-state index contributed by atoms with van der Waals surface area (Å²) in [5, 5.41) is 7.39. The molecule has 1 aromatic heterocycles. The molecule has 0 amide bonds. The first-order valence-corrected chi connectivity index (χ1v) is 11.3. The maximum Gasteiger partial charge on any atom is 0.194 e. The van der Waals surface area contributed by atoms with E-state index >= 15 is 0 Å². The molecule has 0 radical (unpaired) electrons. The number of guanidine groups is 1. The van der Waals surface area contributed by atoms with E-state index in [0.29, 0.717) is 6.54 Å². The highest BCUT2D eigenvalue weighted by molar-refractivity contribution is 14.0. The average Bonchev–Trinajstić information content (AvgIpc) is 3.13. The number of thiazole rings is 1. The Kier molecular flexibility index (Phi) is 10.8. The van der Waals surface area contributed by atoms with Crippen molar-refractivity contribution in [2.45, 2.75) is 26.4 Å². The number of rotatable bonds is 7. The first-order chi connectivity index (χ1) is 14.1. The van der Waals surface area contributed by atoms with Crippen LogP contribution in [-0.4, -0.2) is 67.2 Å². The Morgan fingerprint density at radius 2 is 2.10 bits per heavy atom. The highest BCUT2D eigenvalue weighted by Gasteiger charge is 2.24. The minimum absolute atomic E-state index is 0. The second-order valence-corrected chi connectivity index (χ2v) is 8.56. The summed E-state index contributed by atoms with van der Waals surface area (Å²) in [6, 6.07) is 8.19. The summed E-state index contributed by atoms with van der Waals surface area (Å²) in [6.07, 6.45) is 0. The number of morpholine rings is 1. The lowest BCUT2D eigenvalue weighted by atomic mass is 10.0. The molecule has 9 heteroatoms. The standard InChI is InChI=1S/C21H30ClN5OS.HI/c1-4-23-21(26(3)14-17-15-29-16(2)25-17)24-13-20(27-9-11-28-12-10-27)18-7-5-6-8-19(18)22;/h5-8,15,20H,4,9-14H2,1-3H3,(H,23,24);1H. The third-order valence-electron chi connectivity index (χ3n) is 4.93. The van der Waals surface area contributed by atoms with Gasteiger partial charge in [-0.3, -0.25) is 9.89 Å². The summed E-state index contributed by atoms with van der Waals surface area (Å²) in [6.45, 7) is 9.55. The van der Waals surface area contributed by atoms with E-state index in [9.17, 15) is 0 Å². The Balaban J connectivity index is 0.00000320. The Morgan fingerprint density at radius 1 is 1.37 bits per heavy atom. The molecule has 0 bridgehead atoms. The monoisotopic (exact) mass is 563 g/mol. The summed E-state index contributed by atoms with van der Waals surface area (Å²) in [5.41, 5.74) is 2.19. The third kappa shape index (κ3) is 7.05. The highest BCUT2D eigenvalue weighted by Crippen LogP contribution is 2.28.